The standard InChI is InChI=1S/C16H16N4O4S/c1-4-14-19-20-16(25-14)18-15(22)9(8-17)5-11-12(21)6-10(23-2)7-13(11)24-3/h5-7,21H,4H2,1-3H3,(H,18,20,22)/b9-5+. The highest BCUT2D eigenvalue weighted by Crippen LogP contribution is 2.35. The van der Waals surface area contributed by atoms with Crippen molar-refractivity contribution >= 4 is 28.5 Å². The van der Waals surface area contributed by atoms with Gasteiger partial charge in [0.15, 0.2) is 0 Å². The van der Waals surface area contributed by atoms with Gasteiger partial charge < -0.3 is 14.6 Å². The Balaban J connectivity index is 2.33. The summed E-state index contributed by atoms with van der Waals surface area (Å²) in [6, 6.07) is 4.71. The van der Waals surface area contributed by atoms with Crippen LogP contribution in [0.15, 0.2) is 17.7 Å². The highest BCUT2D eigenvalue weighted by atomic mass is 32.1. The molecule has 1 aromatic heterocycles. The number of rotatable bonds is 6. The van der Waals surface area contributed by atoms with E-state index in [9.17, 15) is 15.2 Å². The maximum Gasteiger partial charge on any atom is 0.268 e. The van der Waals surface area contributed by atoms with Gasteiger partial charge in [0.25, 0.3) is 5.91 Å². The minimum absolute atomic E-state index is 0.180. The fourth-order valence-electron chi connectivity index (χ4n) is 1.92. The minimum atomic E-state index is -0.654. The van der Waals surface area contributed by atoms with Crippen LogP contribution in [0.2, 0.25) is 0 Å². The minimum Gasteiger partial charge on any atom is -0.507 e. The smallest absolute Gasteiger partial charge is 0.268 e. The fraction of sp³-hybridized carbons (Fsp3) is 0.250. The highest BCUT2D eigenvalue weighted by molar-refractivity contribution is 7.15. The van der Waals surface area contributed by atoms with E-state index in [4.69, 9.17) is 9.47 Å². The summed E-state index contributed by atoms with van der Waals surface area (Å²) in [7, 11) is 2.86. The summed E-state index contributed by atoms with van der Waals surface area (Å²) in [6.45, 7) is 1.92. The summed E-state index contributed by atoms with van der Waals surface area (Å²) < 4.78 is 10.2. The monoisotopic (exact) mass is 360 g/mol. The van der Waals surface area contributed by atoms with E-state index >= 15 is 0 Å². The van der Waals surface area contributed by atoms with Gasteiger partial charge in [-0.15, -0.1) is 10.2 Å². The Morgan fingerprint density at radius 1 is 1.40 bits per heavy atom. The molecule has 0 fully saturated rings. The van der Waals surface area contributed by atoms with E-state index in [0.29, 0.717) is 17.3 Å². The predicted octanol–water partition coefficient (Wildman–Crippen LogP) is 2.37. The number of methoxy groups -OCH3 is 2. The number of nitrogens with zero attached hydrogens (tertiary/aromatic N) is 3. The van der Waals surface area contributed by atoms with E-state index in [0.717, 1.165) is 5.01 Å². The third kappa shape index (κ3) is 4.24. The number of nitrogens with one attached hydrogen (secondary N) is 1. The molecule has 0 spiro atoms. The van der Waals surface area contributed by atoms with Crippen LogP contribution in [0.25, 0.3) is 6.08 Å². The molecular formula is C16H16N4O4S. The van der Waals surface area contributed by atoms with Crippen LogP contribution < -0.4 is 14.8 Å². The Morgan fingerprint density at radius 3 is 2.72 bits per heavy atom. The molecule has 0 aliphatic rings. The van der Waals surface area contributed by atoms with E-state index in [2.05, 4.69) is 15.5 Å². The van der Waals surface area contributed by atoms with Crippen molar-refractivity contribution < 1.29 is 19.4 Å². The number of carbonyl (C=O) groups is 1. The zero-order valence-electron chi connectivity index (χ0n) is 13.9. The molecule has 1 heterocycles. The third-order valence-electron chi connectivity index (χ3n) is 3.19. The SMILES string of the molecule is CCc1nnc(NC(=O)/C(C#N)=C/c2c(O)cc(OC)cc2OC)s1. The average molecular weight is 360 g/mol. The number of phenols is 1. The molecule has 0 bridgehead atoms. The maximum absolute atomic E-state index is 12.3. The summed E-state index contributed by atoms with van der Waals surface area (Å²) in [6.07, 6.45) is 1.94. The van der Waals surface area contributed by atoms with Crippen LogP contribution >= 0.6 is 11.3 Å². The predicted molar refractivity (Wildman–Crippen MR) is 92.7 cm³/mol. The molecule has 2 N–H and O–H groups in total. The van der Waals surface area contributed by atoms with E-state index in [1.165, 1.54) is 43.8 Å². The van der Waals surface area contributed by atoms with E-state index in [1.54, 1.807) is 6.07 Å². The molecule has 2 rings (SSSR count). The number of aryl methyl sites for hydroxylation is 1. The van der Waals surface area contributed by atoms with Crippen molar-refractivity contribution in [3.63, 3.8) is 0 Å². The molecule has 8 nitrogen and oxygen atoms in total. The van der Waals surface area contributed by atoms with Gasteiger partial charge in [0.05, 0.1) is 19.8 Å². The lowest BCUT2D eigenvalue weighted by atomic mass is 10.1. The van der Waals surface area contributed by atoms with Crippen LogP contribution in [0.3, 0.4) is 0 Å². The molecule has 0 aliphatic carbocycles. The molecule has 0 aliphatic heterocycles. The highest BCUT2D eigenvalue weighted by Gasteiger charge is 2.16. The van der Waals surface area contributed by atoms with Crippen LogP contribution in [0.5, 0.6) is 17.2 Å². The van der Waals surface area contributed by atoms with Gasteiger partial charge in [-0.05, 0) is 12.5 Å². The number of ether oxygens (including phenoxy) is 2. The lowest BCUT2D eigenvalue weighted by molar-refractivity contribution is -0.112. The van der Waals surface area contributed by atoms with Crippen molar-refractivity contribution in [2.45, 2.75) is 13.3 Å². The Bertz CT molecular complexity index is 854. The van der Waals surface area contributed by atoms with Gasteiger partial charge in [-0.2, -0.15) is 5.26 Å². The molecule has 0 atom stereocenters. The molecule has 0 unspecified atom stereocenters. The van der Waals surface area contributed by atoms with Gasteiger partial charge in [0.2, 0.25) is 5.13 Å². The van der Waals surface area contributed by atoms with Gasteiger partial charge in [-0.3, -0.25) is 10.1 Å². The number of hydrogen-bond donors (Lipinski definition) is 2. The molecule has 0 saturated heterocycles. The topological polar surface area (TPSA) is 117 Å². The van der Waals surface area contributed by atoms with Gasteiger partial charge in [0.1, 0.15) is 33.9 Å². The molecule has 1 amide bonds. The Labute approximate surface area is 148 Å². The number of hydrogen-bond acceptors (Lipinski definition) is 8. The number of benzene rings is 1. The van der Waals surface area contributed by atoms with Crippen LogP contribution in [0.4, 0.5) is 5.13 Å². The largest absolute Gasteiger partial charge is 0.507 e. The molecule has 0 radical (unpaired) electrons. The first-order chi connectivity index (χ1) is 12.0. The van der Waals surface area contributed by atoms with Gasteiger partial charge in [-0.25, -0.2) is 0 Å². The first-order valence-electron chi connectivity index (χ1n) is 7.22. The average Bonchev–Trinajstić information content (AvgIpc) is 3.07. The van der Waals surface area contributed by atoms with E-state index in [-0.39, 0.29) is 22.6 Å². The first-order valence-corrected chi connectivity index (χ1v) is 8.04. The van der Waals surface area contributed by atoms with Gasteiger partial charge >= 0.3 is 0 Å². The lowest BCUT2D eigenvalue weighted by Crippen LogP contribution is -2.13. The van der Waals surface area contributed by atoms with Crippen molar-refractivity contribution in [1.29, 1.82) is 5.26 Å². The second kappa shape index (κ2) is 8.12. The number of aromatic nitrogens is 2. The second-order valence-corrected chi connectivity index (χ2v) is 5.80. The molecule has 25 heavy (non-hydrogen) atoms. The summed E-state index contributed by atoms with van der Waals surface area (Å²) in [4.78, 5) is 12.3. The molecular weight excluding hydrogens is 344 g/mol. The Kier molecular flexibility index (Phi) is 5.92. The molecule has 1 aromatic carbocycles. The zero-order chi connectivity index (χ0) is 18.4. The molecule has 130 valence electrons. The number of amides is 1. The van der Waals surface area contributed by atoms with Crippen LogP contribution in [0.1, 0.15) is 17.5 Å². The van der Waals surface area contributed by atoms with E-state index < -0.39 is 5.91 Å². The maximum atomic E-state index is 12.3. The summed E-state index contributed by atoms with van der Waals surface area (Å²) >= 11 is 1.23. The normalized spacial score (nSPS) is 10.9. The number of carbonyl (C=O) groups excluding carboxylic acids is 1. The third-order valence-corrected chi connectivity index (χ3v) is 4.18. The van der Waals surface area contributed by atoms with Crippen LogP contribution in [0, 0.1) is 11.3 Å². The van der Waals surface area contributed by atoms with Gasteiger partial charge in [0, 0.05) is 12.1 Å². The first kappa shape index (κ1) is 18.2. The van der Waals surface area contributed by atoms with Crippen molar-refractivity contribution in [3.8, 4) is 23.3 Å². The number of nitriles is 1. The quantitative estimate of drug-likeness (QED) is 0.600. The van der Waals surface area contributed by atoms with Crippen molar-refractivity contribution in [3.05, 3.63) is 28.3 Å². The summed E-state index contributed by atoms with van der Waals surface area (Å²) in [5, 5.41) is 30.7. The summed E-state index contributed by atoms with van der Waals surface area (Å²) in [5.41, 5.74) is -0.0199. The molecule has 0 saturated carbocycles. The zero-order valence-corrected chi connectivity index (χ0v) is 14.7. The van der Waals surface area contributed by atoms with Gasteiger partial charge in [-0.1, -0.05) is 18.3 Å². The Hall–Kier alpha value is -3.12. The van der Waals surface area contributed by atoms with Crippen molar-refractivity contribution in [2.24, 2.45) is 0 Å². The summed E-state index contributed by atoms with van der Waals surface area (Å²) in [5.74, 6) is -0.184. The van der Waals surface area contributed by atoms with Crippen LogP contribution in [-0.2, 0) is 11.2 Å². The fourth-order valence-corrected chi connectivity index (χ4v) is 2.60. The van der Waals surface area contributed by atoms with Crippen molar-refractivity contribution in [2.75, 3.05) is 19.5 Å². The number of aromatic hydroxyl groups is 1. The lowest BCUT2D eigenvalue weighted by Gasteiger charge is -2.10. The Morgan fingerprint density at radius 2 is 2.16 bits per heavy atom. The number of anilines is 1. The molecule has 9 heteroatoms. The van der Waals surface area contributed by atoms with Crippen LogP contribution in [-0.4, -0.2) is 35.4 Å². The number of phenolic OH excluding ortho intramolecular Hbond substituents is 1. The molecule has 2 aromatic rings. The van der Waals surface area contributed by atoms with Crippen molar-refractivity contribution in [1.82, 2.24) is 10.2 Å². The second-order valence-electron chi connectivity index (χ2n) is 4.74. The van der Waals surface area contributed by atoms with E-state index in [1.807, 2.05) is 6.92 Å².